The molecule has 1 aliphatic rings. The topological polar surface area (TPSA) is 53.8 Å². The Morgan fingerprint density at radius 2 is 1.55 bits per heavy atom. The van der Waals surface area contributed by atoms with E-state index in [1.165, 1.54) is 12.5 Å². The number of piperazine rings is 1. The lowest BCUT2D eigenvalue weighted by atomic mass is 10.1. The smallest absolute Gasteiger partial charge is 0.289 e. The van der Waals surface area contributed by atoms with Gasteiger partial charge in [-0.2, -0.15) is 0 Å². The highest BCUT2D eigenvalue weighted by molar-refractivity contribution is 5.94. The van der Waals surface area contributed by atoms with E-state index in [1.807, 2.05) is 29.2 Å². The third-order valence-electron chi connectivity index (χ3n) is 5.30. The first-order valence-corrected chi connectivity index (χ1v) is 9.87. The minimum atomic E-state index is -0.0732. The van der Waals surface area contributed by atoms with Crippen LogP contribution >= 0.6 is 0 Å². The lowest BCUT2D eigenvalue weighted by Gasteiger charge is -2.34. The van der Waals surface area contributed by atoms with Gasteiger partial charge in [0.25, 0.3) is 5.91 Å². The molecule has 1 amide bonds. The van der Waals surface area contributed by atoms with E-state index in [0.717, 1.165) is 25.2 Å². The van der Waals surface area contributed by atoms with Crippen LogP contribution in [0.15, 0.2) is 71.1 Å². The zero-order chi connectivity index (χ0) is 20.2. The summed E-state index contributed by atoms with van der Waals surface area (Å²) in [6, 6.07) is 21.1. The summed E-state index contributed by atoms with van der Waals surface area (Å²) in [5.41, 5.74) is 2.80. The minimum Gasteiger partial charge on any atom is -0.451 e. The number of hydrogen-bond acceptors (Lipinski definition) is 4. The average molecular weight is 388 g/mol. The summed E-state index contributed by atoms with van der Waals surface area (Å²) in [4.78, 5) is 28.4. The molecule has 2 heterocycles. The van der Waals surface area contributed by atoms with Crippen molar-refractivity contribution in [3.63, 3.8) is 0 Å². The highest BCUT2D eigenvalue weighted by Crippen LogP contribution is 2.24. The average Bonchev–Trinajstić information content (AvgIpc) is 3.25. The molecule has 1 fully saturated rings. The van der Waals surface area contributed by atoms with Crippen LogP contribution in [-0.4, -0.2) is 47.7 Å². The maximum atomic E-state index is 12.8. The Labute approximate surface area is 170 Å². The van der Waals surface area contributed by atoms with Crippen LogP contribution in [0.3, 0.4) is 0 Å². The van der Waals surface area contributed by atoms with E-state index in [4.69, 9.17) is 4.42 Å². The Morgan fingerprint density at radius 3 is 2.21 bits per heavy atom. The predicted octanol–water partition coefficient (Wildman–Crippen LogP) is 4.11. The molecule has 0 N–H and O–H groups in total. The summed E-state index contributed by atoms with van der Waals surface area (Å²) in [6.07, 6.45) is 0. The Bertz CT molecular complexity index is 984. The van der Waals surface area contributed by atoms with E-state index in [0.29, 0.717) is 30.2 Å². The van der Waals surface area contributed by atoms with Gasteiger partial charge in [0.1, 0.15) is 5.76 Å². The van der Waals surface area contributed by atoms with Crippen molar-refractivity contribution in [1.82, 2.24) is 9.80 Å². The number of rotatable bonds is 5. The number of benzene rings is 2. The number of amides is 1. The Kier molecular flexibility index (Phi) is 5.58. The van der Waals surface area contributed by atoms with E-state index >= 15 is 0 Å². The molecule has 0 radical (unpaired) electrons. The van der Waals surface area contributed by atoms with Crippen LogP contribution in [0, 0.1) is 0 Å². The Hall–Kier alpha value is -3.18. The van der Waals surface area contributed by atoms with Crippen molar-refractivity contribution in [3.8, 4) is 11.3 Å². The number of ketones is 1. The van der Waals surface area contributed by atoms with E-state index in [-0.39, 0.29) is 11.7 Å². The highest BCUT2D eigenvalue weighted by atomic mass is 16.4. The maximum absolute atomic E-state index is 12.8. The van der Waals surface area contributed by atoms with Gasteiger partial charge in [-0.15, -0.1) is 0 Å². The van der Waals surface area contributed by atoms with Crippen LogP contribution in [0.2, 0.25) is 0 Å². The van der Waals surface area contributed by atoms with E-state index in [1.54, 1.807) is 18.2 Å². The normalized spacial score (nSPS) is 14.7. The summed E-state index contributed by atoms with van der Waals surface area (Å²) in [6.45, 7) is 5.52. The lowest BCUT2D eigenvalue weighted by Crippen LogP contribution is -2.48. The molecule has 4 rings (SSSR count). The molecule has 0 spiro atoms. The molecule has 2 aromatic carbocycles. The number of hydrogen-bond donors (Lipinski definition) is 0. The zero-order valence-corrected chi connectivity index (χ0v) is 16.5. The van der Waals surface area contributed by atoms with E-state index in [9.17, 15) is 9.59 Å². The second kappa shape index (κ2) is 8.45. The van der Waals surface area contributed by atoms with Crippen molar-refractivity contribution in [2.24, 2.45) is 0 Å². The van der Waals surface area contributed by atoms with Crippen molar-refractivity contribution < 1.29 is 14.0 Å². The fourth-order valence-electron chi connectivity index (χ4n) is 3.58. The molecule has 5 heteroatoms. The van der Waals surface area contributed by atoms with Crippen molar-refractivity contribution in [2.75, 3.05) is 26.2 Å². The number of carbonyl (C=O) groups is 2. The van der Waals surface area contributed by atoms with Crippen molar-refractivity contribution in [3.05, 3.63) is 83.6 Å². The molecular weight excluding hydrogens is 364 g/mol. The minimum absolute atomic E-state index is 0.0262. The molecule has 0 saturated carbocycles. The van der Waals surface area contributed by atoms with Crippen LogP contribution in [0.25, 0.3) is 11.3 Å². The van der Waals surface area contributed by atoms with Gasteiger partial charge in [-0.25, -0.2) is 0 Å². The Morgan fingerprint density at radius 1 is 0.862 bits per heavy atom. The fourth-order valence-corrected chi connectivity index (χ4v) is 3.58. The predicted molar refractivity (Wildman–Crippen MR) is 112 cm³/mol. The number of furan rings is 1. The summed E-state index contributed by atoms with van der Waals surface area (Å²) in [5.74, 6) is 0.938. The summed E-state index contributed by atoms with van der Waals surface area (Å²) >= 11 is 0. The molecule has 1 saturated heterocycles. The van der Waals surface area contributed by atoms with Gasteiger partial charge in [0.2, 0.25) is 0 Å². The number of carbonyl (C=O) groups excluding carboxylic acids is 2. The first-order valence-electron chi connectivity index (χ1n) is 9.87. The molecule has 3 aromatic rings. The van der Waals surface area contributed by atoms with Crippen LogP contribution in [0.1, 0.15) is 33.4 Å². The lowest BCUT2D eigenvalue weighted by molar-refractivity contribution is 0.0598. The SMILES string of the molecule is CC(=O)c1ccc(-c2ccc(C(=O)N3CCN(Cc4ccccc4)CC3)o2)cc1. The van der Waals surface area contributed by atoms with Gasteiger partial charge in [0, 0.05) is 43.9 Å². The first-order chi connectivity index (χ1) is 14.1. The molecule has 148 valence electrons. The molecule has 29 heavy (non-hydrogen) atoms. The van der Waals surface area contributed by atoms with E-state index in [2.05, 4.69) is 29.2 Å². The van der Waals surface area contributed by atoms with Crippen LogP contribution in [0.5, 0.6) is 0 Å². The standard InChI is InChI=1S/C24H24N2O3/c1-18(27)20-7-9-21(10-8-20)22-11-12-23(29-22)24(28)26-15-13-25(14-16-26)17-19-5-3-2-4-6-19/h2-12H,13-17H2,1H3. The molecule has 5 nitrogen and oxygen atoms in total. The Balaban J connectivity index is 1.36. The summed E-state index contributed by atoms with van der Waals surface area (Å²) < 4.78 is 5.82. The molecule has 0 aliphatic carbocycles. The van der Waals surface area contributed by atoms with Gasteiger partial charge >= 0.3 is 0 Å². The maximum Gasteiger partial charge on any atom is 0.289 e. The van der Waals surface area contributed by atoms with E-state index < -0.39 is 0 Å². The van der Waals surface area contributed by atoms with Crippen molar-refractivity contribution in [2.45, 2.75) is 13.5 Å². The molecule has 0 bridgehead atoms. The summed E-state index contributed by atoms with van der Waals surface area (Å²) in [7, 11) is 0. The second-order valence-corrected chi connectivity index (χ2v) is 7.35. The monoisotopic (exact) mass is 388 g/mol. The quantitative estimate of drug-likeness (QED) is 0.618. The third-order valence-corrected chi connectivity index (χ3v) is 5.30. The largest absolute Gasteiger partial charge is 0.451 e. The van der Waals surface area contributed by atoms with Crippen LogP contribution in [0.4, 0.5) is 0 Å². The van der Waals surface area contributed by atoms with Crippen molar-refractivity contribution in [1.29, 1.82) is 0 Å². The first kappa shape index (κ1) is 19.2. The molecule has 1 aliphatic heterocycles. The van der Waals surface area contributed by atoms with Crippen LogP contribution in [-0.2, 0) is 6.54 Å². The van der Waals surface area contributed by atoms with Gasteiger partial charge in [0.15, 0.2) is 11.5 Å². The van der Waals surface area contributed by atoms with Gasteiger partial charge in [0.05, 0.1) is 0 Å². The third kappa shape index (κ3) is 4.46. The highest BCUT2D eigenvalue weighted by Gasteiger charge is 2.24. The molecule has 0 atom stereocenters. The molecule has 0 unspecified atom stereocenters. The zero-order valence-electron chi connectivity index (χ0n) is 16.5. The second-order valence-electron chi connectivity index (χ2n) is 7.35. The van der Waals surface area contributed by atoms with Crippen LogP contribution < -0.4 is 0 Å². The number of Topliss-reactive ketones (excluding diaryl/α,β-unsaturated/α-hetero) is 1. The molecular formula is C24H24N2O3. The van der Waals surface area contributed by atoms with Gasteiger partial charge < -0.3 is 9.32 Å². The van der Waals surface area contributed by atoms with Gasteiger partial charge in [-0.05, 0) is 24.6 Å². The van der Waals surface area contributed by atoms with Crippen molar-refractivity contribution >= 4 is 11.7 Å². The van der Waals surface area contributed by atoms with Gasteiger partial charge in [-0.1, -0.05) is 54.6 Å². The van der Waals surface area contributed by atoms with Gasteiger partial charge in [-0.3, -0.25) is 14.5 Å². The number of nitrogens with zero attached hydrogens (tertiary/aromatic N) is 2. The molecule has 1 aromatic heterocycles. The fraction of sp³-hybridized carbons (Fsp3) is 0.250. The summed E-state index contributed by atoms with van der Waals surface area (Å²) in [5, 5.41) is 0.